The quantitative estimate of drug-likeness (QED) is 0.628. The molecule has 3 rings (SSSR count). The number of alkyl halides is 1. The van der Waals surface area contributed by atoms with Gasteiger partial charge in [-0.05, 0) is 18.6 Å². The maximum atomic E-state index is 4.27. The van der Waals surface area contributed by atoms with Gasteiger partial charge in [0.05, 0.1) is 10.6 Å². The molecule has 0 amide bonds. The van der Waals surface area contributed by atoms with Gasteiger partial charge in [-0.15, -0.1) is 10.2 Å². The van der Waals surface area contributed by atoms with E-state index in [-0.39, 0.29) is 0 Å². The first-order valence-electron chi connectivity index (χ1n) is 5.64. The van der Waals surface area contributed by atoms with E-state index in [1.54, 1.807) is 0 Å². The minimum atomic E-state index is 0.416. The van der Waals surface area contributed by atoms with Crippen LogP contribution in [0.15, 0.2) is 42.5 Å². The van der Waals surface area contributed by atoms with Crippen molar-refractivity contribution in [2.24, 2.45) is 0 Å². The molecule has 0 N–H and O–H groups in total. The second-order valence-electron chi connectivity index (χ2n) is 4.06. The van der Waals surface area contributed by atoms with Crippen LogP contribution in [-0.4, -0.2) is 21.7 Å². The molecule has 1 aliphatic rings. The maximum Gasteiger partial charge on any atom is 0.152 e. The maximum absolute atomic E-state index is 4.27. The average Bonchev–Trinajstić information content (AvgIpc) is 2.39. The molecule has 86 valence electrons. The first-order chi connectivity index (χ1) is 8.34. The zero-order valence-electron chi connectivity index (χ0n) is 9.25. The molecule has 0 bridgehead atoms. The molecule has 1 aromatic heterocycles. The molecule has 2 heterocycles. The van der Waals surface area contributed by atoms with Crippen LogP contribution in [0, 0.1) is 0 Å². The SMILES string of the molecule is BrC1CCN1c1ccc(-c2ccccc2)nn1. The first-order valence-corrected chi connectivity index (χ1v) is 6.56. The van der Waals surface area contributed by atoms with Crippen LogP contribution in [0.4, 0.5) is 5.82 Å². The molecule has 3 nitrogen and oxygen atoms in total. The fourth-order valence-corrected chi connectivity index (χ4v) is 2.47. The average molecular weight is 290 g/mol. The van der Waals surface area contributed by atoms with E-state index in [0.29, 0.717) is 4.95 Å². The summed E-state index contributed by atoms with van der Waals surface area (Å²) in [5.74, 6) is 0.942. The molecule has 1 atom stereocenters. The van der Waals surface area contributed by atoms with Crippen molar-refractivity contribution in [3.63, 3.8) is 0 Å². The highest BCUT2D eigenvalue weighted by Gasteiger charge is 2.26. The van der Waals surface area contributed by atoms with Gasteiger partial charge in [0.1, 0.15) is 0 Å². The standard InChI is InChI=1S/C13H12BrN3/c14-12-8-9-17(12)13-7-6-11(15-16-13)10-4-2-1-3-5-10/h1-7,12H,8-9H2. The third kappa shape index (κ3) is 2.05. The van der Waals surface area contributed by atoms with E-state index in [9.17, 15) is 0 Å². The van der Waals surface area contributed by atoms with Gasteiger partial charge in [-0.1, -0.05) is 46.3 Å². The van der Waals surface area contributed by atoms with Crippen LogP contribution >= 0.6 is 15.9 Å². The fraction of sp³-hybridized carbons (Fsp3) is 0.231. The summed E-state index contributed by atoms with van der Waals surface area (Å²) in [6.45, 7) is 1.05. The number of anilines is 1. The van der Waals surface area contributed by atoms with Crippen LogP contribution in [0.25, 0.3) is 11.3 Å². The van der Waals surface area contributed by atoms with Gasteiger partial charge in [0, 0.05) is 12.1 Å². The molecule has 0 radical (unpaired) electrons. The third-order valence-electron chi connectivity index (χ3n) is 2.96. The van der Waals surface area contributed by atoms with E-state index >= 15 is 0 Å². The smallest absolute Gasteiger partial charge is 0.152 e. The molecular weight excluding hydrogens is 278 g/mol. The summed E-state index contributed by atoms with van der Waals surface area (Å²) in [5, 5.41) is 8.55. The van der Waals surface area contributed by atoms with Gasteiger partial charge >= 0.3 is 0 Å². The lowest BCUT2D eigenvalue weighted by Crippen LogP contribution is -2.44. The lowest BCUT2D eigenvalue weighted by molar-refractivity contribution is 0.573. The molecule has 0 saturated carbocycles. The number of hydrogen-bond donors (Lipinski definition) is 0. The molecule has 2 aromatic rings. The van der Waals surface area contributed by atoms with E-state index in [2.05, 4.69) is 31.0 Å². The van der Waals surface area contributed by atoms with Crippen molar-refractivity contribution in [2.75, 3.05) is 11.4 Å². The molecular formula is C13H12BrN3. The normalized spacial score (nSPS) is 18.9. The fourth-order valence-electron chi connectivity index (χ4n) is 1.86. The van der Waals surface area contributed by atoms with Gasteiger partial charge in [0.15, 0.2) is 5.82 Å². The Balaban J connectivity index is 1.85. The molecule has 0 aliphatic carbocycles. The predicted molar refractivity (Wildman–Crippen MR) is 72.1 cm³/mol. The van der Waals surface area contributed by atoms with E-state index in [1.165, 1.54) is 6.42 Å². The van der Waals surface area contributed by atoms with E-state index in [0.717, 1.165) is 23.6 Å². The number of rotatable bonds is 2. The van der Waals surface area contributed by atoms with Gasteiger partial charge in [-0.3, -0.25) is 0 Å². The van der Waals surface area contributed by atoms with Crippen molar-refractivity contribution >= 4 is 21.7 Å². The largest absolute Gasteiger partial charge is 0.342 e. The lowest BCUT2D eigenvalue weighted by atomic mass is 10.1. The Kier molecular flexibility index (Phi) is 2.81. The topological polar surface area (TPSA) is 29.0 Å². The number of halogens is 1. The summed E-state index contributed by atoms with van der Waals surface area (Å²) in [6, 6.07) is 14.2. The van der Waals surface area contributed by atoms with Crippen molar-refractivity contribution < 1.29 is 0 Å². The minimum Gasteiger partial charge on any atom is -0.342 e. The Bertz CT molecular complexity index is 498. The molecule has 1 unspecified atom stereocenters. The highest BCUT2D eigenvalue weighted by atomic mass is 79.9. The summed E-state index contributed by atoms with van der Waals surface area (Å²) < 4.78 is 0. The van der Waals surface area contributed by atoms with Crippen LogP contribution in [0.3, 0.4) is 0 Å². The summed E-state index contributed by atoms with van der Waals surface area (Å²) in [4.78, 5) is 2.61. The van der Waals surface area contributed by atoms with Gasteiger partial charge in [0.2, 0.25) is 0 Å². The highest BCUT2D eigenvalue weighted by Crippen LogP contribution is 2.28. The monoisotopic (exact) mass is 289 g/mol. The summed E-state index contributed by atoms with van der Waals surface area (Å²) in [6.07, 6.45) is 1.17. The van der Waals surface area contributed by atoms with Crippen LogP contribution < -0.4 is 4.90 Å². The van der Waals surface area contributed by atoms with Crippen LogP contribution in [-0.2, 0) is 0 Å². The van der Waals surface area contributed by atoms with Gasteiger partial charge in [-0.25, -0.2) is 0 Å². The summed E-state index contributed by atoms with van der Waals surface area (Å²) in [5.41, 5.74) is 2.02. The van der Waals surface area contributed by atoms with Crippen molar-refractivity contribution in [3.8, 4) is 11.3 Å². The Hall–Kier alpha value is -1.42. The Morgan fingerprint density at radius 3 is 2.41 bits per heavy atom. The van der Waals surface area contributed by atoms with Crippen molar-refractivity contribution in [1.29, 1.82) is 0 Å². The number of benzene rings is 1. The molecule has 1 saturated heterocycles. The van der Waals surface area contributed by atoms with Crippen LogP contribution in [0.5, 0.6) is 0 Å². The molecule has 1 aliphatic heterocycles. The predicted octanol–water partition coefficient (Wildman–Crippen LogP) is 3.07. The Morgan fingerprint density at radius 1 is 1.06 bits per heavy atom. The van der Waals surface area contributed by atoms with E-state index < -0.39 is 0 Å². The second kappa shape index (κ2) is 4.45. The number of nitrogens with zero attached hydrogens (tertiary/aromatic N) is 3. The zero-order valence-corrected chi connectivity index (χ0v) is 10.8. The Morgan fingerprint density at radius 2 is 1.88 bits per heavy atom. The summed E-state index contributed by atoms with van der Waals surface area (Å²) in [7, 11) is 0. The van der Waals surface area contributed by atoms with E-state index in [1.807, 2.05) is 42.5 Å². The molecule has 0 spiro atoms. The minimum absolute atomic E-state index is 0.416. The Labute approximate surface area is 109 Å². The zero-order chi connectivity index (χ0) is 11.7. The molecule has 4 heteroatoms. The molecule has 1 fully saturated rings. The van der Waals surface area contributed by atoms with Crippen molar-refractivity contribution in [3.05, 3.63) is 42.5 Å². The van der Waals surface area contributed by atoms with Gasteiger partial charge < -0.3 is 4.90 Å². The van der Waals surface area contributed by atoms with Crippen LogP contribution in [0.2, 0.25) is 0 Å². The van der Waals surface area contributed by atoms with Crippen molar-refractivity contribution in [2.45, 2.75) is 11.4 Å². The van der Waals surface area contributed by atoms with Crippen LogP contribution in [0.1, 0.15) is 6.42 Å². The highest BCUT2D eigenvalue weighted by molar-refractivity contribution is 9.09. The number of hydrogen-bond acceptors (Lipinski definition) is 3. The lowest BCUT2D eigenvalue weighted by Gasteiger charge is -2.37. The van der Waals surface area contributed by atoms with Crippen molar-refractivity contribution in [1.82, 2.24) is 10.2 Å². The number of aromatic nitrogens is 2. The molecule has 17 heavy (non-hydrogen) atoms. The van der Waals surface area contributed by atoms with Gasteiger partial charge in [0.25, 0.3) is 0 Å². The first kappa shape index (κ1) is 10.7. The molecule has 1 aromatic carbocycles. The second-order valence-corrected chi connectivity index (χ2v) is 5.12. The van der Waals surface area contributed by atoms with Gasteiger partial charge in [-0.2, -0.15) is 0 Å². The summed E-state index contributed by atoms with van der Waals surface area (Å²) >= 11 is 3.58. The third-order valence-corrected chi connectivity index (χ3v) is 3.91. The van der Waals surface area contributed by atoms with E-state index in [4.69, 9.17) is 0 Å².